The van der Waals surface area contributed by atoms with Crippen LogP contribution in [0, 0.1) is 22.7 Å². The predicted molar refractivity (Wildman–Crippen MR) is 53.8 cm³/mol. The van der Waals surface area contributed by atoms with E-state index in [2.05, 4.69) is 6.58 Å². The van der Waals surface area contributed by atoms with E-state index < -0.39 is 0 Å². The van der Waals surface area contributed by atoms with Crippen LogP contribution in [0.15, 0.2) is 36.1 Å². The lowest BCUT2D eigenvalue weighted by Gasteiger charge is -1.98. The molecule has 0 aliphatic heterocycles. The number of hydrogen-bond acceptors (Lipinski definition) is 3. The van der Waals surface area contributed by atoms with Crippen LogP contribution in [0.2, 0.25) is 0 Å². The van der Waals surface area contributed by atoms with Gasteiger partial charge in [0, 0.05) is 0 Å². The lowest BCUT2D eigenvalue weighted by atomic mass is 10.1. The van der Waals surface area contributed by atoms with Crippen molar-refractivity contribution in [2.75, 3.05) is 6.61 Å². The molecule has 3 nitrogen and oxygen atoms in total. The third-order valence-corrected chi connectivity index (χ3v) is 1.35. The Kier molecular flexibility index (Phi) is 6.55. The van der Waals surface area contributed by atoms with E-state index in [0.717, 1.165) is 5.57 Å². The summed E-state index contributed by atoms with van der Waals surface area (Å²) in [5.74, 6) is 0. The normalized spacial score (nSPS) is 9.50. The fraction of sp³-hybridized carbons (Fsp3) is 0.273. The van der Waals surface area contributed by atoms with E-state index in [-0.39, 0.29) is 5.57 Å². The molecular formula is C11H12N2O. The van der Waals surface area contributed by atoms with Crippen molar-refractivity contribution in [3.63, 3.8) is 0 Å². The largest absolute Gasteiger partial charge is 0.501 e. The highest BCUT2D eigenvalue weighted by Gasteiger charge is 1.95. The molecule has 0 amide bonds. The molecule has 0 aromatic rings. The van der Waals surface area contributed by atoms with Crippen molar-refractivity contribution in [3.05, 3.63) is 36.1 Å². The summed E-state index contributed by atoms with van der Waals surface area (Å²) in [6.07, 6.45) is 5.30. The van der Waals surface area contributed by atoms with Gasteiger partial charge in [-0.05, 0) is 25.0 Å². The maximum absolute atomic E-state index is 8.53. The molecule has 0 heterocycles. The molecule has 0 spiro atoms. The van der Waals surface area contributed by atoms with E-state index in [1.165, 1.54) is 12.3 Å². The molecule has 0 rings (SSSR count). The topological polar surface area (TPSA) is 56.8 Å². The van der Waals surface area contributed by atoms with Crippen molar-refractivity contribution in [3.8, 4) is 12.1 Å². The molecule has 72 valence electrons. The summed E-state index contributed by atoms with van der Waals surface area (Å²) in [6.45, 7) is 6.00. The monoisotopic (exact) mass is 188 g/mol. The van der Waals surface area contributed by atoms with Crippen LogP contribution in [0.25, 0.3) is 0 Å². The van der Waals surface area contributed by atoms with Gasteiger partial charge in [-0.1, -0.05) is 6.08 Å². The molecule has 0 saturated heterocycles. The first-order valence-corrected chi connectivity index (χ1v) is 4.21. The van der Waals surface area contributed by atoms with Crippen LogP contribution >= 0.6 is 0 Å². The van der Waals surface area contributed by atoms with E-state index in [1.54, 1.807) is 18.2 Å². The molecular weight excluding hydrogens is 176 g/mol. The van der Waals surface area contributed by atoms with Crippen molar-refractivity contribution in [2.45, 2.75) is 13.3 Å². The molecule has 0 bridgehead atoms. The lowest BCUT2D eigenvalue weighted by Crippen LogP contribution is -1.84. The average Bonchev–Trinajstić information content (AvgIpc) is 2.22. The Morgan fingerprint density at radius 1 is 1.43 bits per heavy atom. The molecule has 0 atom stereocenters. The lowest BCUT2D eigenvalue weighted by molar-refractivity contribution is 0.266. The molecule has 0 aromatic carbocycles. The average molecular weight is 188 g/mol. The second kappa shape index (κ2) is 7.64. The second-order valence-electron chi connectivity index (χ2n) is 2.42. The van der Waals surface area contributed by atoms with Gasteiger partial charge in [0.25, 0.3) is 0 Å². The highest BCUT2D eigenvalue weighted by molar-refractivity contribution is 5.41. The summed E-state index contributed by atoms with van der Waals surface area (Å²) in [5.41, 5.74) is 0.831. The van der Waals surface area contributed by atoms with E-state index in [1.807, 2.05) is 6.92 Å². The molecule has 0 fully saturated rings. The van der Waals surface area contributed by atoms with Gasteiger partial charge in [0.15, 0.2) is 0 Å². The Labute approximate surface area is 84.2 Å². The molecule has 0 unspecified atom stereocenters. The van der Waals surface area contributed by atoms with Gasteiger partial charge in [0.2, 0.25) is 0 Å². The molecule has 0 aliphatic rings. The minimum absolute atomic E-state index is 0.0674. The molecule has 14 heavy (non-hydrogen) atoms. The van der Waals surface area contributed by atoms with E-state index in [4.69, 9.17) is 15.3 Å². The summed E-state index contributed by atoms with van der Waals surface area (Å²) < 4.78 is 5.06. The third kappa shape index (κ3) is 4.79. The maximum Gasteiger partial charge on any atom is 0.130 e. The predicted octanol–water partition coefficient (Wildman–Crippen LogP) is 2.46. The second-order valence-corrected chi connectivity index (χ2v) is 2.42. The summed E-state index contributed by atoms with van der Waals surface area (Å²) in [6, 6.07) is 3.57. The van der Waals surface area contributed by atoms with Gasteiger partial charge in [-0.3, -0.25) is 0 Å². The highest BCUT2D eigenvalue weighted by atomic mass is 16.5. The zero-order valence-corrected chi connectivity index (χ0v) is 8.16. The zero-order valence-electron chi connectivity index (χ0n) is 8.16. The summed E-state index contributed by atoms with van der Waals surface area (Å²) in [5, 5.41) is 17.1. The molecule has 0 aromatic heterocycles. The molecule has 0 radical (unpaired) electrons. The van der Waals surface area contributed by atoms with Crippen molar-refractivity contribution < 1.29 is 4.74 Å². The van der Waals surface area contributed by atoms with Crippen LogP contribution in [-0.2, 0) is 4.74 Å². The van der Waals surface area contributed by atoms with Crippen LogP contribution < -0.4 is 0 Å². The first-order valence-electron chi connectivity index (χ1n) is 4.21. The quantitative estimate of drug-likeness (QED) is 0.288. The first-order chi connectivity index (χ1) is 6.78. The van der Waals surface area contributed by atoms with E-state index >= 15 is 0 Å². The summed E-state index contributed by atoms with van der Waals surface area (Å²) in [4.78, 5) is 0. The zero-order chi connectivity index (χ0) is 10.8. The Bertz CT molecular complexity index is 310. The molecule has 0 saturated carbocycles. The molecule has 0 N–H and O–H groups in total. The van der Waals surface area contributed by atoms with Gasteiger partial charge in [-0.15, -0.1) is 6.58 Å². The Morgan fingerprint density at radius 3 is 2.50 bits per heavy atom. The summed E-state index contributed by atoms with van der Waals surface area (Å²) >= 11 is 0. The maximum atomic E-state index is 8.53. The van der Waals surface area contributed by atoms with Crippen molar-refractivity contribution in [2.24, 2.45) is 0 Å². The minimum Gasteiger partial charge on any atom is -0.501 e. The number of allylic oxidation sites excluding steroid dienone is 4. The Morgan fingerprint density at radius 2 is 2.07 bits per heavy atom. The number of rotatable bonds is 5. The van der Waals surface area contributed by atoms with E-state index in [9.17, 15) is 0 Å². The van der Waals surface area contributed by atoms with Crippen LogP contribution in [0.5, 0.6) is 0 Å². The number of ether oxygens (including phenoxy) is 1. The number of hydrogen-bond donors (Lipinski definition) is 0. The van der Waals surface area contributed by atoms with Gasteiger partial charge in [0.05, 0.1) is 12.9 Å². The van der Waals surface area contributed by atoms with Gasteiger partial charge in [0.1, 0.15) is 17.7 Å². The fourth-order valence-electron chi connectivity index (χ4n) is 0.773. The van der Waals surface area contributed by atoms with Crippen LogP contribution in [0.4, 0.5) is 0 Å². The van der Waals surface area contributed by atoms with Crippen molar-refractivity contribution >= 4 is 0 Å². The van der Waals surface area contributed by atoms with Crippen LogP contribution in [0.3, 0.4) is 0 Å². The minimum atomic E-state index is 0.0674. The summed E-state index contributed by atoms with van der Waals surface area (Å²) in [7, 11) is 0. The first kappa shape index (κ1) is 12.0. The van der Waals surface area contributed by atoms with Gasteiger partial charge in [-0.2, -0.15) is 10.5 Å². The van der Waals surface area contributed by atoms with Crippen LogP contribution in [0.1, 0.15) is 13.3 Å². The van der Waals surface area contributed by atoms with Crippen molar-refractivity contribution in [1.29, 1.82) is 10.5 Å². The SMILES string of the molecule is C=CCC(C=C(C#N)C#N)=COCC. The molecule has 3 heteroatoms. The van der Waals surface area contributed by atoms with Gasteiger partial charge >= 0.3 is 0 Å². The Balaban J connectivity index is 4.69. The van der Waals surface area contributed by atoms with E-state index in [0.29, 0.717) is 13.0 Å². The van der Waals surface area contributed by atoms with Gasteiger partial charge in [-0.25, -0.2) is 0 Å². The number of nitriles is 2. The highest BCUT2D eigenvalue weighted by Crippen LogP contribution is 2.07. The standard InChI is InChI=1S/C11H12N2O/c1-3-5-10(9-14-4-2)6-11(7-12)8-13/h3,6,9H,1,4-5H2,2H3. The number of nitrogens with zero attached hydrogens (tertiary/aromatic N) is 2. The smallest absolute Gasteiger partial charge is 0.130 e. The van der Waals surface area contributed by atoms with Crippen molar-refractivity contribution in [1.82, 2.24) is 0 Å². The molecule has 0 aliphatic carbocycles. The third-order valence-electron chi connectivity index (χ3n) is 1.35. The Hall–Kier alpha value is -2.00. The van der Waals surface area contributed by atoms with Gasteiger partial charge < -0.3 is 4.74 Å². The van der Waals surface area contributed by atoms with Crippen LogP contribution in [-0.4, -0.2) is 6.61 Å². The fourth-order valence-corrected chi connectivity index (χ4v) is 0.773.